The van der Waals surface area contributed by atoms with Gasteiger partial charge in [0, 0.05) is 24.6 Å². The highest BCUT2D eigenvalue weighted by atomic mass is 16.5. The van der Waals surface area contributed by atoms with Gasteiger partial charge in [0.1, 0.15) is 5.82 Å². The minimum atomic E-state index is -0.749. The van der Waals surface area contributed by atoms with E-state index < -0.39 is 12.0 Å². The number of carbonyl (C=O) groups is 1. The van der Waals surface area contributed by atoms with Crippen molar-refractivity contribution in [1.29, 1.82) is 0 Å². The summed E-state index contributed by atoms with van der Waals surface area (Å²) in [5.74, 6) is 0.118. The van der Waals surface area contributed by atoms with Gasteiger partial charge in [-0.3, -0.25) is 4.79 Å². The first kappa shape index (κ1) is 10.6. The van der Waals surface area contributed by atoms with Gasteiger partial charge in [-0.05, 0) is 13.8 Å². The summed E-state index contributed by atoms with van der Waals surface area (Å²) in [5, 5.41) is 0. The number of ether oxygens (including phenoxy) is 1. The molecule has 0 saturated carbocycles. The van der Waals surface area contributed by atoms with Crippen LogP contribution >= 0.6 is 0 Å². The first-order valence-corrected chi connectivity index (χ1v) is 4.34. The molecule has 0 radical (unpaired) electrons. The predicted octanol–water partition coefficient (Wildman–Crippen LogP) is 0.348. The molecule has 0 saturated heterocycles. The quantitative estimate of drug-likeness (QED) is 0.751. The predicted molar refractivity (Wildman–Crippen MR) is 50.3 cm³/mol. The molecule has 1 aromatic heterocycles. The Bertz CT molecular complexity index is 310. The number of hydrogen-bond donors (Lipinski definition) is 1. The second-order valence-corrected chi connectivity index (χ2v) is 2.80. The van der Waals surface area contributed by atoms with Crippen LogP contribution in [0.1, 0.15) is 24.4 Å². The molecule has 1 unspecified atom stereocenters. The summed E-state index contributed by atoms with van der Waals surface area (Å²) in [7, 11) is 0. The van der Waals surface area contributed by atoms with Gasteiger partial charge >= 0.3 is 0 Å². The summed E-state index contributed by atoms with van der Waals surface area (Å²) >= 11 is 0. The molecule has 0 bridgehead atoms. The van der Waals surface area contributed by atoms with Gasteiger partial charge in [-0.15, -0.1) is 0 Å². The molecule has 0 fully saturated rings. The van der Waals surface area contributed by atoms with Crippen LogP contribution < -0.4 is 5.73 Å². The number of aryl methyl sites for hydroxylation is 1. The molecule has 1 atom stereocenters. The maximum atomic E-state index is 11.0. The Morgan fingerprint density at radius 2 is 2.14 bits per heavy atom. The minimum Gasteiger partial charge on any atom is -0.367 e. The van der Waals surface area contributed by atoms with Gasteiger partial charge in [-0.2, -0.15) is 0 Å². The zero-order valence-corrected chi connectivity index (χ0v) is 8.23. The van der Waals surface area contributed by atoms with Crippen LogP contribution in [0.2, 0.25) is 0 Å². The van der Waals surface area contributed by atoms with Gasteiger partial charge in [0.15, 0.2) is 6.10 Å². The third-order valence-corrected chi connectivity index (χ3v) is 1.70. The smallest absolute Gasteiger partial charge is 0.251 e. The van der Waals surface area contributed by atoms with Crippen molar-refractivity contribution in [3.63, 3.8) is 0 Å². The summed E-state index contributed by atoms with van der Waals surface area (Å²) in [6.45, 7) is 3.98. The fraction of sp³-hybridized carbons (Fsp3) is 0.444. The van der Waals surface area contributed by atoms with Crippen molar-refractivity contribution in [2.24, 2.45) is 5.73 Å². The standard InChI is InChI=1S/C9H13N3O2/c1-3-14-8(9(10)13)7-4-11-6(2)12-5-7/h4-5,8H,3H2,1-2H3,(H2,10,13). The zero-order valence-electron chi connectivity index (χ0n) is 8.23. The van der Waals surface area contributed by atoms with Gasteiger partial charge in [0.25, 0.3) is 5.91 Å². The second-order valence-electron chi connectivity index (χ2n) is 2.80. The molecular weight excluding hydrogens is 182 g/mol. The van der Waals surface area contributed by atoms with Crippen LogP contribution in [0.4, 0.5) is 0 Å². The van der Waals surface area contributed by atoms with Crippen molar-refractivity contribution >= 4 is 5.91 Å². The highest BCUT2D eigenvalue weighted by molar-refractivity contribution is 5.80. The van der Waals surface area contributed by atoms with Gasteiger partial charge in [-0.25, -0.2) is 9.97 Å². The molecule has 14 heavy (non-hydrogen) atoms. The van der Waals surface area contributed by atoms with Gasteiger partial charge < -0.3 is 10.5 Å². The van der Waals surface area contributed by atoms with E-state index in [0.29, 0.717) is 18.0 Å². The third-order valence-electron chi connectivity index (χ3n) is 1.70. The molecule has 76 valence electrons. The monoisotopic (exact) mass is 195 g/mol. The fourth-order valence-corrected chi connectivity index (χ4v) is 1.05. The van der Waals surface area contributed by atoms with E-state index in [1.54, 1.807) is 26.2 Å². The Morgan fingerprint density at radius 3 is 2.57 bits per heavy atom. The molecule has 1 rings (SSSR count). The van der Waals surface area contributed by atoms with Gasteiger partial charge in [-0.1, -0.05) is 0 Å². The average Bonchev–Trinajstić information content (AvgIpc) is 2.15. The SMILES string of the molecule is CCOC(C(N)=O)c1cnc(C)nc1. The van der Waals surface area contributed by atoms with Crippen LogP contribution in [0.25, 0.3) is 0 Å². The fourth-order valence-electron chi connectivity index (χ4n) is 1.05. The number of rotatable bonds is 4. The molecule has 0 aliphatic heterocycles. The highest BCUT2D eigenvalue weighted by Gasteiger charge is 2.18. The van der Waals surface area contributed by atoms with E-state index in [2.05, 4.69) is 9.97 Å². The normalized spacial score (nSPS) is 12.4. The number of hydrogen-bond acceptors (Lipinski definition) is 4. The summed E-state index contributed by atoms with van der Waals surface area (Å²) in [6.07, 6.45) is 2.35. The Hall–Kier alpha value is -1.49. The van der Waals surface area contributed by atoms with Crippen molar-refractivity contribution in [1.82, 2.24) is 9.97 Å². The molecule has 0 aliphatic carbocycles. The number of amides is 1. The van der Waals surface area contributed by atoms with Crippen molar-refractivity contribution in [2.75, 3.05) is 6.61 Å². The zero-order chi connectivity index (χ0) is 10.6. The molecule has 2 N–H and O–H groups in total. The Labute approximate surface area is 82.3 Å². The summed E-state index contributed by atoms with van der Waals surface area (Å²) in [4.78, 5) is 18.9. The largest absolute Gasteiger partial charge is 0.367 e. The number of aromatic nitrogens is 2. The molecule has 0 aromatic carbocycles. The Morgan fingerprint density at radius 1 is 1.57 bits per heavy atom. The van der Waals surface area contributed by atoms with Gasteiger partial charge in [0.2, 0.25) is 0 Å². The molecule has 1 heterocycles. The molecule has 5 heteroatoms. The maximum absolute atomic E-state index is 11.0. The Kier molecular flexibility index (Phi) is 3.53. The summed E-state index contributed by atoms with van der Waals surface area (Å²) in [6, 6.07) is 0. The molecule has 0 spiro atoms. The van der Waals surface area contributed by atoms with E-state index in [1.807, 2.05) is 0 Å². The first-order valence-electron chi connectivity index (χ1n) is 4.34. The maximum Gasteiger partial charge on any atom is 0.251 e. The number of nitrogens with two attached hydrogens (primary N) is 1. The number of primary amides is 1. The summed E-state index contributed by atoms with van der Waals surface area (Å²) in [5.41, 5.74) is 5.76. The second kappa shape index (κ2) is 4.66. The van der Waals surface area contributed by atoms with Crippen LogP contribution in [-0.4, -0.2) is 22.5 Å². The molecular formula is C9H13N3O2. The molecule has 1 amide bonds. The van der Waals surface area contributed by atoms with Crippen molar-refractivity contribution in [3.8, 4) is 0 Å². The van der Waals surface area contributed by atoms with E-state index in [9.17, 15) is 4.79 Å². The van der Waals surface area contributed by atoms with Crippen LogP contribution in [0.15, 0.2) is 12.4 Å². The van der Waals surface area contributed by atoms with E-state index in [-0.39, 0.29) is 0 Å². The van der Waals surface area contributed by atoms with E-state index in [0.717, 1.165) is 0 Å². The van der Waals surface area contributed by atoms with Crippen LogP contribution in [0.5, 0.6) is 0 Å². The molecule has 5 nitrogen and oxygen atoms in total. The first-order chi connectivity index (χ1) is 6.65. The lowest BCUT2D eigenvalue weighted by atomic mass is 10.2. The lowest BCUT2D eigenvalue weighted by Crippen LogP contribution is -2.24. The van der Waals surface area contributed by atoms with E-state index in [1.165, 1.54) is 0 Å². The number of carbonyl (C=O) groups excluding carboxylic acids is 1. The molecule has 1 aromatic rings. The third kappa shape index (κ3) is 2.50. The van der Waals surface area contributed by atoms with Crippen LogP contribution in [0, 0.1) is 6.92 Å². The van der Waals surface area contributed by atoms with E-state index in [4.69, 9.17) is 10.5 Å². The lowest BCUT2D eigenvalue weighted by Gasteiger charge is -2.12. The topological polar surface area (TPSA) is 78.1 Å². The van der Waals surface area contributed by atoms with Crippen LogP contribution in [-0.2, 0) is 9.53 Å². The van der Waals surface area contributed by atoms with Crippen molar-refractivity contribution in [3.05, 3.63) is 23.8 Å². The number of nitrogens with zero attached hydrogens (tertiary/aromatic N) is 2. The average molecular weight is 195 g/mol. The lowest BCUT2D eigenvalue weighted by molar-refractivity contribution is -0.129. The Balaban J connectivity index is 2.87. The van der Waals surface area contributed by atoms with E-state index >= 15 is 0 Å². The highest BCUT2D eigenvalue weighted by Crippen LogP contribution is 2.14. The van der Waals surface area contributed by atoms with Gasteiger partial charge in [0.05, 0.1) is 0 Å². The van der Waals surface area contributed by atoms with Crippen LogP contribution in [0.3, 0.4) is 0 Å². The minimum absolute atomic E-state index is 0.418. The molecule has 0 aliphatic rings. The van der Waals surface area contributed by atoms with Crippen molar-refractivity contribution < 1.29 is 9.53 Å². The summed E-state index contributed by atoms with van der Waals surface area (Å²) < 4.78 is 5.17. The van der Waals surface area contributed by atoms with Crippen molar-refractivity contribution in [2.45, 2.75) is 20.0 Å².